The molecule has 2 aliphatic heterocycles. The number of hydrogen-bond acceptors (Lipinski definition) is 5. The van der Waals surface area contributed by atoms with Crippen LogP contribution in [-0.4, -0.2) is 94.0 Å². The molecule has 2 N–H and O–H groups in total. The van der Waals surface area contributed by atoms with Crippen molar-refractivity contribution >= 4 is 5.96 Å². The van der Waals surface area contributed by atoms with E-state index in [0.29, 0.717) is 6.10 Å². The van der Waals surface area contributed by atoms with Gasteiger partial charge in [0, 0.05) is 59.0 Å². The normalized spacial score (nSPS) is 19.2. The maximum atomic E-state index is 6.14. The van der Waals surface area contributed by atoms with E-state index in [4.69, 9.17) is 14.5 Å². The van der Waals surface area contributed by atoms with Crippen LogP contribution in [0.4, 0.5) is 0 Å². The lowest BCUT2D eigenvalue weighted by atomic mass is 10.1. The highest BCUT2D eigenvalue weighted by molar-refractivity contribution is 5.79. The Balaban J connectivity index is 1.22. The summed E-state index contributed by atoms with van der Waals surface area (Å²) in [5, 5.41) is 6.80. The van der Waals surface area contributed by atoms with E-state index in [1.165, 1.54) is 5.56 Å². The molecule has 0 saturated carbocycles. The van der Waals surface area contributed by atoms with Gasteiger partial charge >= 0.3 is 0 Å². The number of rotatable bonds is 12. The minimum absolute atomic E-state index is 0.401. The monoisotopic (exact) mass is 445 g/mol. The first kappa shape index (κ1) is 25.0. The highest BCUT2D eigenvalue weighted by Crippen LogP contribution is 2.16. The van der Waals surface area contributed by atoms with Crippen molar-refractivity contribution in [2.75, 3.05) is 72.2 Å². The molecule has 0 aromatic heterocycles. The third kappa shape index (κ3) is 9.86. The van der Waals surface area contributed by atoms with Gasteiger partial charge in [-0.1, -0.05) is 30.3 Å². The number of likely N-dealkylation sites (tertiary alicyclic amines) is 1. The second-order valence-corrected chi connectivity index (χ2v) is 8.68. The lowest BCUT2D eigenvalue weighted by Gasteiger charge is -2.31. The zero-order valence-electron chi connectivity index (χ0n) is 19.9. The Labute approximate surface area is 194 Å². The average molecular weight is 446 g/mol. The Morgan fingerprint density at radius 2 is 1.81 bits per heavy atom. The summed E-state index contributed by atoms with van der Waals surface area (Å²) < 4.78 is 11.5. The molecule has 0 radical (unpaired) electrons. The molecule has 0 unspecified atom stereocenters. The summed E-state index contributed by atoms with van der Waals surface area (Å²) in [6, 6.07) is 10.7. The van der Waals surface area contributed by atoms with Gasteiger partial charge in [-0.15, -0.1) is 0 Å². The van der Waals surface area contributed by atoms with Gasteiger partial charge in [0.1, 0.15) is 0 Å². The quantitative estimate of drug-likeness (QED) is 0.293. The predicted octanol–water partition coefficient (Wildman–Crippen LogP) is 2.34. The summed E-state index contributed by atoms with van der Waals surface area (Å²) in [7, 11) is 0. The van der Waals surface area contributed by atoms with Gasteiger partial charge in [-0.05, 0) is 44.7 Å². The van der Waals surface area contributed by atoms with Crippen LogP contribution in [0.25, 0.3) is 0 Å². The molecule has 2 heterocycles. The molecule has 7 nitrogen and oxygen atoms in total. The van der Waals surface area contributed by atoms with E-state index in [9.17, 15) is 0 Å². The molecule has 2 aliphatic rings. The van der Waals surface area contributed by atoms with E-state index in [2.05, 4.69) is 57.7 Å². The minimum Gasteiger partial charge on any atom is -0.379 e. The number of aliphatic imine (C=N–C) groups is 1. The van der Waals surface area contributed by atoms with Crippen molar-refractivity contribution in [1.82, 2.24) is 20.4 Å². The fourth-order valence-electron chi connectivity index (χ4n) is 4.26. The molecule has 3 rings (SSSR count). The maximum absolute atomic E-state index is 6.14. The van der Waals surface area contributed by atoms with E-state index in [0.717, 1.165) is 110 Å². The Kier molecular flexibility index (Phi) is 11.9. The van der Waals surface area contributed by atoms with Crippen LogP contribution in [0.2, 0.25) is 0 Å². The molecule has 0 amide bonds. The zero-order valence-corrected chi connectivity index (χ0v) is 19.9. The molecule has 0 bridgehead atoms. The van der Waals surface area contributed by atoms with Crippen molar-refractivity contribution in [2.45, 2.75) is 45.3 Å². The van der Waals surface area contributed by atoms with Gasteiger partial charge < -0.3 is 20.1 Å². The fourth-order valence-corrected chi connectivity index (χ4v) is 4.26. The van der Waals surface area contributed by atoms with Crippen molar-refractivity contribution in [3.8, 4) is 0 Å². The molecule has 2 fully saturated rings. The number of hydrogen-bond donors (Lipinski definition) is 2. The van der Waals surface area contributed by atoms with Crippen molar-refractivity contribution in [3.63, 3.8) is 0 Å². The number of benzene rings is 1. The Morgan fingerprint density at radius 3 is 2.56 bits per heavy atom. The number of morpholine rings is 1. The summed E-state index contributed by atoms with van der Waals surface area (Å²) in [6.07, 6.45) is 4.75. The van der Waals surface area contributed by atoms with Crippen LogP contribution in [0.15, 0.2) is 35.3 Å². The maximum Gasteiger partial charge on any atom is 0.191 e. The SMILES string of the molecule is CCNC(=NCCCOC1CCN(Cc2ccccc2)CC1)NCCCN1CCOCC1. The first-order valence-electron chi connectivity index (χ1n) is 12.5. The van der Waals surface area contributed by atoms with Gasteiger partial charge in [-0.2, -0.15) is 0 Å². The van der Waals surface area contributed by atoms with E-state index in [-0.39, 0.29) is 0 Å². The van der Waals surface area contributed by atoms with Crippen LogP contribution >= 0.6 is 0 Å². The minimum atomic E-state index is 0.401. The molecule has 0 atom stereocenters. The molecule has 180 valence electrons. The van der Waals surface area contributed by atoms with Gasteiger partial charge in [0.2, 0.25) is 0 Å². The van der Waals surface area contributed by atoms with E-state index < -0.39 is 0 Å². The zero-order chi connectivity index (χ0) is 22.3. The molecule has 0 spiro atoms. The second-order valence-electron chi connectivity index (χ2n) is 8.68. The number of nitrogens with one attached hydrogen (secondary N) is 2. The molecule has 1 aromatic carbocycles. The molecular formula is C25H43N5O2. The van der Waals surface area contributed by atoms with Gasteiger partial charge in [0.05, 0.1) is 19.3 Å². The number of piperidine rings is 1. The van der Waals surface area contributed by atoms with E-state index in [1.807, 2.05) is 0 Å². The topological polar surface area (TPSA) is 61.4 Å². The first-order chi connectivity index (χ1) is 15.8. The Morgan fingerprint density at radius 1 is 1.03 bits per heavy atom. The van der Waals surface area contributed by atoms with Gasteiger partial charge in [-0.3, -0.25) is 14.8 Å². The average Bonchev–Trinajstić information content (AvgIpc) is 2.84. The predicted molar refractivity (Wildman–Crippen MR) is 131 cm³/mol. The summed E-state index contributed by atoms with van der Waals surface area (Å²) in [4.78, 5) is 9.72. The number of ether oxygens (including phenoxy) is 2. The smallest absolute Gasteiger partial charge is 0.191 e. The van der Waals surface area contributed by atoms with Crippen LogP contribution in [-0.2, 0) is 16.0 Å². The van der Waals surface area contributed by atoms with Crippen molar-refractivity contribution < 1.29 is 9.47 Å². The molecule has 7 heteroatoms. The highest BCUT2D eigenvalue weighted by atomic mass is 16.5. The van der Waals surface area contributed by atoms with Crippen LogP contribution < -0.4 is 10.6 Å². The number of guanidine groups is 1. The number of nitrogens with zero attached hydrogens (tertiary/aromatic N) is 3. The van der Waals surface area contributed by atoms with Crippen LogP contribution in [0.1, 0.15) is 38.2 Å². The fraction of sp³-hybridized carbons (Fsp3) is 0.720. The van der Waals surface area contributed by atoms with Gasteiger partial charge in [0.15, 0.2) is 5.96 Å². The van der Waals surface area contributed by atoms with E-state index >= 15 is 0 Å². The van der Waals surface area contributed by atoms with Crippen molar-refractivity contribution in [1.29, 1.82) is 0 Å². The summed E-state index contributed by atoms with van der Waals surface area (Å²) >= 11 is 0. The van der Waals surface area contributed by atoms with Crippen LogP contribution in [0, 0.1) is 0 Å². The lowest BCUT2D eigenvalue weighted by molar-refractivity contribution is 0.00566. The molecule has 32 heavy (non-hydrogen) atoms. The first-order valence-corrected chi connectivity index (χ1v) is 12.5. The van der Waals surface area contributed by atoms with Crippen LogP contribution in [0.5, 0.6) is 0 Å². The van der Waals surface area contributed by atoms with Crippen molar-refractivity contribution in [2.24, 2.45) is 4.99 Å². The second kappa shape index (κ2) is 15.2. The largest absolute Gasteiger partial charge is 0.379 e. The summed E-state index contributed by atoms with van der Waals surface area (Å²) in [5.74, 6) is 0.920. The Bertz CT molecular complexity index is 628. The molecular weight excluding hydrogens is 402 g/mol. The van der Waals surface area contributed by atoms with Crippen LogP contribution in [0.3, 0.4) is 0 Å². The van der Waals surface area contributed by atoms with Gasteiger partial charge in [0.25, 0.3) is 0 Å². The molecule has 2 saturated heterocycles. The third-order valence-electron chi connectivity index (χ3n) is 6.10. The van der Waals surface area contributed by atoms with Crippen molar-refractivity contribution in [3.05, 3.63) is 35.9 Å². The molecule has 1 aromatic rings. The lowest BCUT2D eigenvalue weighted by Crippen LogP contribution is -2.40. The third-order valence-corrected chi connectivity index (χ3v) is 6.10. The highest BCUT2D eigenvalue weighted by Gasteiger charge is 2.19. The standard InChI is InChI=1S/C25H43N5O2/c1-2-26-25(27-12-6-14-29-17-20-31-21-18-29)28-13-7-19-32-24-10-15-30(16-11-24)22-23-8-4-3-5-9-23/h3-5,8-9,24H,2,6-7,10-22H2,1H3,(H2,26,27,28). The molecule has 0 aliphatic carbocycles. The summed E-state index contributed by atoms with van der Waals surface area (Å²) in [6.45, 7) is 13.8. The van der Waals surface area contributed by atoms with E-state index in [1.54, 1.807) is 0 Å². The summed E-state index contributed by atoms with van der Waals surface area (Å²) in [5.41, 5.74) is 1.40. The Hall–Kier alpha value is -1.67. The van der Waals surface area contributed by atoms with Gasteiger partial charge in [-0.25, -0.2) is 0 Å².